The maximum absolute atomic E-state index is 10.6. The number of carboxylic acid groups (broad SMARTS) is 1. The lowest BCUT2D eigenvalue weighted by atomic mass is 10.4. The molecule has 0 rings (SSSR count). The summed E-state index contributed by atoms with van der Waals surface area (Å²) in [5, 5.41) is 8.65. The first kappa shape index (κ1) is 13.2. The van der Waals surface area contributed by atoms with Crippen LogP contribution in [0.15, 0.2) is 0 Å². The Kier molecular flexibility index (Phi) is 5.47. The van der Waals surface area contributed by atoms with Gasteiger partial charge in [0.15, 0.2) is 0 Å². The van der Waals surface area contributed by atoms with Gasteiger partial charge in [0.25, 0.3) is 10.1 Å². The summed E-state index contributed by atoms with van der Waals surface area (Å²) in [6, 6.07) is 0. The fraction of sp³-hybridized carbons (Fsp3) is 0.857. The average molecular weight is 225 g/mol. The zero-order valence-corrected chi connectivity index (χ0v) is 8.83. The SMILES string of the molecule is CCCN(CCCS(=O)(=O)O)C(=O)O. The molecular weight excluding hydrogens is 210 g/mol. The van der Waals surface area contributed by atoms with Gasteiger partial charge in [-0.3, -0.25) is 4.55 Å². The van der Waals surface area contributed by atoms with Gasteiger partial charge in [-0.1, -0.05) is 6.92 Å². The normalized spacial score (nSPS) is 11.3. The molecule has 14 heavy (non-hydrogen) atoms. The van der Waals surface area contributed by atoms with E-state index in [1.807, 2.05) is 6.92 Å². The van der Waals surface area contributed by atoms with E-state index in [1.165, 1.54) is 0 Å². The van der Waals surface area contributed by atoms with Gasteiger partial charge in [-0.25, -0.2) is 4.79 Å². The van der Waals surface area contributed by atoms with Crippen LogP contribution in [0.2, 0.25) is 0 Å². The third-order valence-electron chi connectivity index (χ3n) is 1.59. The van der Waals surface area contributed by atoms with Gasteiger partial charge in [0.05, 0.1) is 5.75 Å². The van der Waals surface area contributed by atoms with Crippen molar-refractivity contribution >= 4 is 16.2 Å². The third-order valence-corrected chi connectivity index (χ3v) is 2.40. The van der Waals surface area contributed by atoms with Crippen molar-refractivity contribution in [2.75, 3.05) is 18.8 Å². The summed E-state index contributed by atoms with van der Waals surface area (Å²) < 4.78 is 29.1. The standard InChI is InChI=1S/C7H15NO5S/c1-2-4-8(7(9)10)5-3-6-14(11,12)13/h2-6H2,1H3,(H,9,10)(H,11,12,13). The van der Waals surface area contributed by atoms with Gasteiger partial charge in [-0.05, 0) is 12.8 Å². The summed E-state index contributed by atoms with van der Waals surface area (Å²) in [5.74, 6) is -0.402. The van der Waals surface area contributed by atoms with Crippen molar-refractivity contribution in [2.24, 2.45) is 0 Å². The lowest BCUT2D eigenvalue weighted by Gasteiger charge is -2.17. The first-order chi connectivity index (χ1) is 6.37. The second kappa shape index (κ2) is 5.82. The van der Waals surface area contributed by atoms with Gasteiger partial charge < -0.3 is 10.0 Å². The molecule has 0 spiro atoms. The van der Waals surface area contributed by atoms with Gasteiger partial charge in [0.1, 0.15) is 0 Å². The lowest BCUT2D eigenvalue weighted by molar-refractivity contribution is 0.145. The van der Waals surface area contributed by atoms with Crippen molar-refractivity contribution in [1.82, 2.24) is 4.90 Å². The number of amides is 1. The van der Waals surface area contributed by atoms with Gasteiger partial charge in [-0.2, -0.15) is 8.42 Å². The smallest absolute Gasteiger partial charge is 0.407 e. The molecule has 0 aromatic carbocycles. The molecule has 0 aliphatic carbocycles. The Morgan fingerprint density at radius 3 is 2.29 bits per heavy atom. The maximum Gasteiger partial charge on any atom is 0.407 e. The van der Waals surface area contributed by atoms with Crippen LogP contribution in [0.1, 0.15) is 19.8 Å². The van der Waals surface area contributed by atoms with Crippen LogP contribution in [-0.4, -0.2) is 47.9 Å². The minimum Gasteiger partial charge on any atom is -0.465 e. The lowest BCUT2D eigenvalue weighted by Crippen LogP contribution is -2.32. The molecule has 0 unspecified atom stereocenters. The summed E-state index contributed by atoms with van der Waals surface area (Å²) >= 11 is 0. The largest absolute Gasteiger partial charge is 0.465 e. The predicted molar refractivity (Wildman–Crippen MR) is 50.9 cm³/mol. The topological polar surface area (TPSA) is 94.9 Å². The zero-order chi connectivity index (χ0) is 11.2. The molecule has 0 saturated carbocycles. The molecule has 0 saturated heterocycles. The molecule has 6 nitrogen and oxygen atoms in total. The fourth-order valence-electron chi connectivity index (χ4n) is 1.01. The molecule has 0 aromatic heterocycles. The van der Waals surface area contributed by atoms with Crippen LogP contribution >= 0.6 is 0 Å². The molecule has 0 aliphatic heterocycles. The Bertz CT molecular complexity index is 274. The van der Waals surface area contributed by atoms with Crippen LogP contribution in [0.3, 0.4) is 0 Å². The molecule has 0 radical (unpaired) electrons. The molecule has 84 valence electrons. The van der Waals surface area contributed by atoms with Crippen molar-refractivity contribution in [3.05, 3.63) is 0 Å². The molecule has 1 amide bonds. The summed E-state index contributed by atoms with van der Waals surface area (Å²) in [6.45, 7) is 2.34. The van der Waals surface area contributed by atoms with E-state index in [-0.39, 0.29) is 13.0 Å². The summed E-state index contributed by atoms with van der Waals surface area (Å²) in [7, 11) is -3.98. The van der Waals surface area contributed by atoms with Crippen LogP contribution < -0.4 is 0 Å². The van der Waals surface area contributed by atoms with Crippen LogP contribution in [-0.2, 0) is 10.1 Å². The maximum atomic E-state index is 10.6. The van der Waals surface area contributed by atoms with E-state index in [0.717, 1.165) is 4.90 Å². The molecule has 0 fully saturated rings. The number of rotatable bonds is 6. The van der Waals surface area contributed by atoms with E-state index >= 15 is 0 Å². The average Bonchev–Trinajstić information content (AvgIpc) is 2.00. The highest BCUT2D eigenvalue weighted by atomic mass is 32.2. The van der Waals surface area contributed by atoms with E-state index in [1.54, 1.807) is 0 Å². The Morgan fingerprint density at radius 2 is 1.93 bits per heavy atom. The highest BCUT2D eigenvalue weighted by Gasteiger charge is 2.11. The van der Waals surface area contributed by atoms with Crippen molar-refractivity contribution in [3.8, 4) is 0 Å². The van der Waals surface area contributed by atoms with Crippen LogP contribution in [0, 0.1) is 0 Å². The van der Waals surface area contributed by atoms with E-state index in [2.05, 4.69) is 0 Å². The molecule has 0 atom stereocenters. The second-order valence-electron chi connectivity index (χ2n) is 2.91. The van der Waals surface area contributed by atoms with E-state index in [9.17, 15) is 13.2 Å². The van der Waals surface area contributed by atoms with E-state index in [4.69, 9.17) is 9.66 Å². The van der Waals surface area contributed by atoms with Crippen molar-refractivity contribution in [2.45, 2.75) is 19.8 Å². The summed E-state index contributed by atoms with van der Waals surface area (Å²) in [4.78, 5) is 11.7. The monoisotopic (exact) mass is 225 g/mol. The van der Waals surface area contributed by atoms with Gasteiger partial charge in [0, 0.05) is 13.1 Å². The van der Waals surface area contributed by atoms with Crippen LogP contribution in [0.4, 0.5) is 4.79 Å². The Hall–Kier alpha value is -0.820. The predicted octanol–water partition coefficient (Wildman–Crippen LogP) is 0.654. The highest BCUT2D eigenvalue weighted by molar-refractivity contribution is 7.85. The summed E-state index contributed by atoms with van der Waals surface area (Å²) in [5.41, 5.74) is 0. The van der Waals surface area contributed by atoms with Crippen molar-refractivity contribution in [3.63, 3.8) is 0 Å². The fourth-order valence-corrected chi connectivity index (χ4v) is 1.50. The number of carbonyl (C=O) groups is 1. The molecule has 2 N–H and O–H groups in total. The molecule has 0 heterocycles. The first-order valence-corrected chi connectivity index (χ1v) is 5.90. The third kappa shape index (κ3) is 6.67. The molecule has 0 aliphatic rings. The van der Waals surface area contributed by atoms with Gasteiger partial charge >= 0.3 is 6.09 Å². The van der Waals surface area contributed by atoms with Crippen LogP contribution in [0.5, 0.6) is 0 Å². The van der Waals surface area contributed by atoms with E-state index < -0.39 is 22.0 Å². The highest BCUT2D eigenvalue weighted by Crippen LogP contribution is 1.97. The molecule has 0 bridgehead atoms. The van der Waals surface area contributed by atoms with Crippen LogP contribution in [0.25, 0.3) is 0 Å². The zero-order valence-electron chi connectivity index (χ0n) is 8.01. The molecular formula is C7H15NO5S. The number of hydrogen-bond acceptors (Lipinski definition) is 3. The van der Waals surface area contributed by atoms with Crippen molar-refractivity contribution < 1.29 is 22.9 Å². The Balaban J connectivity index is 3.89. The summed E-state index contributed by atoms with van der Waals surface area (Å²) in [6.07, 6.45) is -0.272. The molecule has 0 aromatic rings. The Labute approximate surface area is 83.3 Å². The number of hydrogen-bond donors (Lipinski definition) is 2. The number of nitrogens with zero attached hydrogens (tertiary/aromatic N) is 1. The van der Waals surface area contributed by atoms with E-state index in [0.29, 0.717) is 13.0 Å². The first-order valence-electron chi connectivity index (χ1n) is 4.30. The molecule has 7 heteroatoms. The van der Waals surface area contributed by atoms with Crippen molar-refractivity contribution in [1.29, 1.82) is 0 Å². The minimum atomic E-state index is -3.98. The van der Waals surface area contributed by atoms with Gasteiger partial charge in [0.2, 0.25) is 0 Å². The quantitative estimate of drug-likeness (QED) is 0.647. The van der Waals surface area contributed by atoms with Gasteiger partial charge in [-0.15, -0.1) is 0 Å². The Morgan fingerprint density at radius 1 is 1.36 bits per heavy atom. The minimum absolute atomic E-state index is 0.116. The second-order valence-corrected chi connectivity index (χ2v) is 4.48.